The average molecular weight is 754 g/mol. The number of alkyl halides is 2. The quantitative estimate of drug-likeness (QED) is 0.193. The van der Waals surface area contributed by atoms with Crippen molar-refractivity contribution in [3.8, 4) is 17.2 Å². The predicted octanol–water partition coefficient (Wildman–Crippen LogP) is 7.92. The fourth-order valence-electron chi connectivity index (χ4n) is 7.60. The summed E-state index contributed by atoms with van der Waals surface area (Å²) in [6.45, 7) is 5.78. The molecule has 3 aromatic rings. The number of hydrogen-bond acceptors (Lipinski definition) is 7. The van der Waals surface area contributed by atoms with Gasteiger partial charge in [0.2, 0.25) is 15.9 Å². The van der Waals surface area contributed by atoms with Gasteiger partial charge in [-0.25, -0.2) is 13.2 Å². The maximum atomic E-state index is 16.7. The number of amides is 2. The number of rotatable bonds is 12. The van der Waals surface area contributed by atoms with Gasteiger partial charge in [0, 0.05) is 23.7 Å². The third-order valence-corrected chi connectivity index (χ3v) is 11.6. The van der Waals surface area contributed by atoms with E-state index in [1.54, 1.807) is 45.0 Å². The second kappa shape index (κ2) is 16.0. The van der Waals surface area contributed by atoms with Crippen LogP contribution in [0.2, 0.25) is 0 Å². The molecule has 3 atom stereocenters. The Labute approximate surface area is 310 Å². The molecule has 2 amide bonds. The molecule has 10 nitrogen and oxygen atoms in total. The van der Waals surface area contributed by atoms with Crippen LogP contribution in [0.1, 0.15) is 84.1 Å². The van der Waals surface area contributed by atoms with Crippen LogP contribution in [0.5, 0.6) is 17.2 Å². The Hall–Kier alpha value is -4.23. The molecule has 286 valence electrons. The first-order valence-electron chi connectivity index (χ1n) is 18.5. The van der Waals surface area contributed by atoms with Gasteiger partial charge in [0.25, 0.3) is 5.92 Å². The van der Waals surface area contributed by atoms with Crippen molar-refractivity contribution in [2.75, 3.05) is 6.61 Å². The molecule has 2 heterocycles. The van der Waals surface area contributed by atoms with Crippen molar-refractivity contribution in [3.05, 3.63) is 84.4 Å². The second-order valence-electron chi connectivity index (χ2n) is 15.3. The molecule has 3 aliphatic rings. The van der Waals surface area contributed by atoms with Gasteiger partial charge in [0.05, 0.1) is 11.5 Å². The number of fused-ring (bicyclic) bond motifs is 2. The van der Waals surface area contributed by atoms with Gasteiger partial charge in [0.1, 0.15) is 22.8 Å². The maximum absolute atomic E-state index is 16.7. The van der Waals surface area contributed by atoms with E-state index in [1.165, 1.54) is 47.7 Å². The number of carbonyl (C=O) groups is 2. The summed E-state index contributed by atoms with van der Waals surface area (Å²) in [5.74, 6) is -3.27. The van der Waals surface area contributed by atoms with Gasteiger partial charge in [0.15, 0.2) is 6.04 Å². The maximum Gasteiger partial charge on any atom is 0.407 e. The Kier molecular flexibility index (Phi) is 11.6. The molecule has 1 aliphatic carbocycles. The summed E-state index contributed by atoms with van der Waals surface area (Å²) in [5, 5.41) is 2.85. The molecule has 6 rings (SSSR count). The van der Waals surface area contributed by atoms with Crippen LogP contribution in [-0.4, -0.2) is 61.7 Å². The molecule has 2 aliphatic heterocycles. The molecule has 3 fully saturated rings. The van der Waals surface area contributed by atoms with Crippen LogP contribution in [0.25, 0.3) is 0 Å². The number of halogens is 2. The standard InChI is InChI=1S/C40H49F2N3O7S/c1-39(2,3)52-38(47)43-29-24-30-16-17-31(25-29)45(30)37(46)36(40(41,42)28-14-18-34(19-15-28)51-33-12-8-5-9-13-33)44-53(48,49)35-22-20-32(21-23-35)50-26-27-10-6-4-7-11-27/h5,8-9,12-15,18-23,27,29-31,36,44H,4,6-7,10-11,16-17,24-26H2,1-3H3,(H,43,47). The van der Waals surface area contributed by atoms with Crippen LogP contribution < -0.4 is 19.5 Å². The number of para-hydroxylation sites is 1. The smallest absolute Gasteiger partial charge is 0.407 e. The molecule has 2 bridgehead atoms. The van der Waals surface area contributed by atoms with Crippen LogP contribution in [0, 0.1) is 5.92 Å². The number of nitrogens with zero attached hydrogens (tertiary/aromatic N) is 1. The molecule has 0 radical (unpaired) electrons. The SMILES string of the molecule is CC(C)(C)OC(=O)NC1CC2CCC(C1)N2C(=O)C(NS(=O)(=O)c1ccc(OCC2CCCCC2)cc1)C(F)(F)c1ccc(Oc2ccccc2)cc1. The zero-order valence-electron chi connectivity index (χ0n) is 30.4. The van der Waals surface area contributed by atoms with Crippen LogP contribution >= 0.6 is 0 Å². The van der Waals surface area contributed by atoms with Gasteiger partial charge in [-0.1, -0.05) is 37.5 Å². The fraction of sp³-hybridized carbons (Fsp3) is 0.500. The summed E-state index contributed by atoms with van der Waals surface area (Å²) in [7, 11) is -4.63. The van der Waals surface area contributed by atoms with Crippen LogP contribution in [0.3, 0.4) is 0 Å². The molecule has 0 aromatic heterocycles. The molecule has 3 aromatic carbocycles. The Morgan fingerprint density at radius 3 is 2.00 bits per heavy atom. The summed E-state index contributed by atoms with van der Waals surface area (Å²) >= 11 is 0. The molecule has 13 heteroatoms. The molecule has 53 heavy (non-hydrogen) atoms. The van der Waals surface area contributed by atoms with Gasteiger partial charge >= 0.3 is 6.09 Å². The first kappa shape index (κ1) is 38.5. The van der Waals surface area contributed by atoms with Crippen molar-refractivity contribution in [2.24, 2.45) is 5.92 Å². The summed E-state index contributed by atoms with van der Waals surface area (Å²) in [6.07, 6.45) is 6.82. The van der Waals surface area contributed by atoms with E-state index < -0.39 is 57.2 Å². The minimum absolute atomic E-state index is 0.272. The molecule has 0 spiro atoms. The zero-order valence-corrected chi connectivity index (χ0v) is 31.2. The zero-order chi connectivity index (χ0) is 37.8. The lowest BCUT2D eigenvalue weighted by Crippen LogP contribution is -2.61. The first-order chi connectivity index (χ1) is 25.2. The van der Waals surface area contributed by atoms with E-state index in [9.17, 15) is 18.0 Å². The number of alkyl carbamates (subject to hydrolysis) is 1. The molecular weight excluding hydrogens is 705 g/mol. The van der Waals surface area contributed by atoms with Gasteiger partial charge < -0.3 is 24.4 Å². The Balaban J connectivity index is 1.23. The van der Waals surface area contributed by atoms with E-state index in [0.717, 1.165) is 37.8 Å². The van der Waals surface area contributed by atoms with Gasteiger partial charge in [-0.3, -0.25) is 4.79 Å². The number of benzene rings is 3. The number of carbonyl (C=O) groups excluding carboxylic acids is 2. The van der Waals surface area contributed by atoms with E-state index >= 15 is 8.78 Å². The van der Waals surface area contributed by atoms with Gasteiger partial charge in [-0.05, 0) is 126 Å². The molecule has 3 unspecified atom stereocenters. The minimum Gasteiger partial charge on any atom is -0.493 e. The Morgan fingerprint density at radius 1 is 0.811 bits per heavy atom. The monoisotopic (exact) mass is 753 g/mol. The van der Waals surface area contributed by atoms with E-state index in [4.69, 9.17) is 14.2 Å². The van der Waals surface area contributed by atoms with Crippen molar-refractivity contribution in [2.45, 2.75) is 119 Å². The lowest BCUT2D eigenvalue weighted by molar-refractivity contribution is -0.149. The molecule has 1 saturated carbocycles. The van der Waals surface area contributed by atoms with Crippen LogP contribution in [0.4, 0.5) is 13.6 Å². The summed E-state index contributed by atoms with van der Waals surface area (Å²) in [4.78, 5) is 28.0. The molecular formula is C40H49F2N3O7S. The highest BCUT2D eigenvalue weighted by Gasteiger charge is 2.54. The third-order valence-electron chi connectivity index (χ3n) is 10.2. The van der Waals surface area contributed by atoms with E-state index in [2.05, 4.69) is 10.0 Å². The highest BCUT2D eigenvalue weighted by molar-refractivity contribution is 7.89. The highest BCUT2D eigenvalue weighted by Crippen LogP contribution is 2.41. The first-order valence-corrected chi connectivity index (χ1v) is 19.9. The molecule has 2 N–H and O–H groups in total. The lowest BCUT2D eigenvalue weighted by atomic mass is 9.90. The highest BCUT2D eigenvalue weighted by atomic mass is 32.2. The minimum atomic E-state index is -4.63. The number of nitrogens with one attached hydrogen (secondary N) is 2. The summed E-state index contributed by atoms with van der Waals surface area (Å²) < 4.78 is 80.3. The summed E-state index contributed by atoms with van der Waals surface area (Å²) in [6, 6.07) is 15.6. The van der Waals surface area contributed by atoms with Crippen molar-refractivity contribution >= 4 is 22.0 Å². The summed E-state index contributed by atoms with van der Waals surface area (Å²) in [5.41, 5.74) is -1.26. The molecule has 2 saturated heterocycles. The predicted molar refractivity (Wildman–Crippen MR) is 196 cm³/mol. The van der Waals surface area contributed by atoms with Gasteiger partial charge in [-0.2, -0.15) is 13.5 Å². The largest absolute Gasteiger partial charge is 0.493 e. The topological polar surface area (TPSA) is 123 Å². The fourth-order valence-corrected chi connectivity index (χ4v) is 8.79. The number of ether oxygens (including phenoxy) is 3. The van der Waals surface area contributed by atoms with E-state index in [0.29, 0.717) is 55.5 Å². The van der Waals surface area contributed by atoms with Crippen LogP contribution in [0.15, 0.2) is 83.8 Å². The van der Waals surface area contributed by atoms with Crippen molar-refractivity contribution < 1.29 is 41.0 Å². The van der Waals surface area contributed by atoms with Crippen molar-refractivity contribution in [1.82, 2.24) is 14.9 Å². The van der Waals surface area contributed by atoms with E-state index in [-0.39, 0.29) is 10.9 Å². The number of piperidine rings is 1. The average Bonchev–Trinajstić information content (AvgIpc) is 3.39. The number of hydrogen-bond donors (Lipinski definition) is 2. The van der Waals surface area contributed by atoms with Crippen molar-refractivity contribution in [1.29, 1.82) is 0 Å². The second-order valence-corrected chi connectivity index (χ2v) is 17.1. The third kappa shape index (κ3) is 9.66. The normalized spacial score (nSPS) is 21.5. The van der Waals surface area contributed by atoms with Gasteiger partial charge in [-0.15, -0.1) is 0 Å². The lowest BCUT2D eigenvalue weighted by Gasteiger charge is -2.42. The van der Waals surface area contributed by atoms with Crippen molar-refractivity contribution in [3.63, 3.8) is 0 Å². The Bertz CT molecular complexity index is 1800. The number of sulfonamides is 1. The van der Waals surface area contributed by atoms with Crippen LogP contribution in [-0.2, 0) is 25.5 Å². The Morgan fingerprint density at radius 2 is 1.40 bits per heavy atom. The van der Waals surface area contributed by atoms with E-state index in [1.807, 2.05) is 6.07 Å².